The minimum absolute atomic E-state index is 0.590. The third-order valence-electron chi connectivity index (χ3n) is 3.12. The van der Waals surface area contributed by atoms with Crippen LogP contribution in [-0.4, -0.2) is 35.7 Å². The molecule has 1 aromatic heterocycles. The Morgan fingerprint density at radius 1 is 1.42 bits per heavy atom. The fourth-order valence-electron chi connectivity index (χ4n) is 2.03. The maximum Gasteiger partial charge on any atom is 0.229 e. The summed E-state index contributed by atoms with van der Waals surface area (Å²) in [5.74, 6) is 1.48. The largest absolute Gasteiger partial charge is 0.478 e. The fraction of sp³-hybridized carbons (Fsp3) is 0.714. The number of ether oxygens (including phenoxy) is 1. The highest BCUT2D eigenvalue weighted by molar-refractivity contribution is 5.37. The molecule has 5 heteroatoms. The molecule has 0 aliphatic heterocycles. The summed E-state index contributed by atoms with van der Waals surface area (Å²) in [6, 6.07) is 2.49. The number of nitrogens with two attached hydrogens (primary N) is 1. The molecule has 5 nitrogen and oxygen atoms in total. The number of aryl methyl sites for hydroxylation is 1. The lowest BCUT2D eigenvalue weighted by Gasteiger charge is -2.22. The second-order valence-corrected chi connectivity index (χ2v) is 5.06. The second-order valence-electron chi connectivity index (χ2n) is 5.06. The summed E-state index contributed by atoms with van der Waals surface area (Å²) in [6.07, 6.45) is 4.41. The number of rotatable bonds is 8. The van der Waals surface area contributed by atoms with Crippen LogP contribution in [0.2, 0.25) is 0 Å². The van der Waals surface area contributed by atoms with Gasteiger partial charge in [0, 0.05) is 24.3 Å². The van der Waals surface area contributed by atoms with Gasteiger partial charge in [-0.25, -0.2) is 4.98 Å². The Kier molecular flexibility index (Phi) is 4.96. The molecule has 1 aliphatic carbocycles. The third kappa shape index (κ3) is 4.06. The van der Waals surface area contributed by atoms with Gasteiger partial charge < -0.3 is 15.4 Å². The maximum absolute atomic E-state index is 5.63. The van der Waals surface area contributed by atoms with Crippen molar-refractivity contribution in [1.82, 2.24) is 9.97 Å². The van der Waals surface area contributed by atoms with E-state index in [1.54, 1.807) is 0 Å². The molecule has 106 valence electrons. The van der Waals surface area contributed by atoms with Crippen molar-refractivity contribution in [3.63, 3.8) is 0 Å². The van der Waals surface area contributed by atoms with Crippen LogP contribution in [-0.2, 0) is 0 Å². The molecular formula is C14H24N4O. The molecule has 1 saturated carbocycles. The Morgan fingerprint density at radius 3 is 2.84 bits per heavy atom. The molecule has 0 atom stereocenters. The van der Waals surface area contributed by atoms with Crippen LogP contribution in [0.5, 0.6) is 5.88 Å². The van der Waals surface area contributed by atoms with Crippen LogP contribution in [0.1, 0.15) is 38.3 Å². The zero-order valence-electron chi connectivity index (χ0n) is 11.9. The molecule has 2 rings (SSSR count). The van der Waals surface area contributed by atoms with Gasteiger partial charge in [0.05, 0.1) is 6.61 Å². The summed E-state index contributed by atoms with van der Waals surface area (Å²) in [5, 5.41) is 0. The topological polar surface area (TPSA) is 64.3 Å². The van der Waals surface area contributed by atoms with E-state index in [1.165, 1.54) is 12.8 Å². The van der Waals surface area contributed by atoms with Crippen molar-refractivity contribution in [2.75, 3.05) is 24.6 Å². The van der Waals surface area contributed by atoms with Gasteiger partial charge in [0.15, 0.2) is 0 Å². The predicted molar refractivity (Wildman–Crippen MR) is 76.6 cm³/mol. The van der Waals surface area contributed by atoms with Crippen molar-refractivity contribution in [2.45, 2.75) is 45.6 Å². The molecule has 2 N–H and O–H groups in total. The van der Waals surface area contributed by atoms with Crippen molar-refractivity contribution < 1.29 is 4.74 Å². The first-order chi connectivity index (χ1) is 9.24. The molecule has 0 amide bonds. The summed E-state index contributed by atoms with van der Waals surface area (Å²) in [7, 11) is 0. The summed E-state index contributed by atoms with van der Waals surface area (Å²) in [5.41, 5.74) is 6.56. The number of hydrogen-bond donors (Lipinski definition) is 1. The Balaban J connectivity index is 2.13. The van der Waals surface area contributed by atoms with Gasteiger partial charge in [0.1, 0.15) is 0 Å². The van der Waals surface area contributed by atoms with Gasteiger partial charge in [-0.2, -0.15) is 4.98 Å². The first kappa shape index (κ1) is 14.1. The van der Waals surface area contributed by atoms with E-state index in [2.05, 4.69) is 21.8 Å². The summed E-state index contributed by atoms with van der Waals surface area (Å²) in [6.45, 7) is 6.40. The van der Waals surface area contributed by atoms with Crippen LogP contribution in [0.15, 0.2) is 6.07 Å². The van der Waals surface area contributed by atoms with E-state index in [4.69, 9.17) is 10.5 Å². The zero-order valence-corrected chi connectivity index (χ0v) is 11.9. The number of anilines is 1. The Morgan fingerprint density at radius 2 is 2.21 bits per heavy atom. The van der Waals surface area contributed by atoms with Crippen molar-refractivity contribution in [3.8, 4) is 5.88 Å². The van der Waals surface area contributed by atoms with Crippen molar-refractivity contribution in [1.29, 1.82) is 0 Å². The van der Waals surface area contributed by atoms with E-state index in [0.717, 1.165) is 31.0 Å². The van der Waals surface area contributed by atoms with Crippen molar-refractivity contribution in [3.05, 3.63) is 11.8 Å². The van der Waals surface area contributed by atoms with E-state index in [9.17, 15) is 0 Å². The average Bonchev–Trinajstić information content (AvgIpc) is 3.21. The number of hydrogen-bond acceptors (Lipinski definition) is 5. The van der Waals surface area contributed by atoms with Crippen LogP contribution in [0.3, 0.4) is 0 Å². The van der Waals surface area contributed by atoms with E-state index in [1.807, 2.05) is 13.0 Å². The summed E-state index contributed by atoms with van der Waals surface area (Å²) >= 11 is 0. The molecule has 19 heavy (non-hydrogen) atoms. The molecule has 1 fully saturated rings. The lowest BCUT2D eigenvalue weighted by atomic mass is 10.3. The molecular weight excluding hydrogens is 240 g/mol. The minimum atomic E-state index is 0.590. The maximum atomic E-state index is 5.63. The Hall–Kier alpha value is -1.36. The minimum Gasteiger partial charge on any atom is -0.478 e. The highest BCUT2D eigenvalue weighted by Crippen LogP contribution is 2.30. The number of aromatic nitrogens is 2. The van der Waals surface area contributed by atoms with Gasteiger partial charge >= 0.3 is 0 Å². The molecule has 0 unspecified atom stereocenters. The average molecular weight is 264 g/mol. The first-order valence-electron chi connectivity index (χ1n) is 7.19. The van der Waals surface area contributed by atoms with Gasteiger partial charge in [-0.1, -0.05) is 6.92 Å². The predicted octanol–water partition coefficient (Wildman–Crippen LogP) is 1.89. The van der Waals surface area contributed by atoms with Crippen LogP contribution in [0, 0.1) is 6.92 Å². The lowest BCUT2D eigenvalue weighted by Crippen LogP contribution is -2.30. The quantitative estimate of drug-likeness (QED) is 0.777. The van der Waals surface area contributed by atoms with Gasteiger partial charge in [-0.15, -0.1) is 0 Å². The normalized spacial score (nSPS) is 14.5. The molecule has 0 bridgehead atoms. The summed E-state index contributed by atoms with van der Waals surface area (Å²) < 4.78 is 5.63. The highest BCUT2D eigenvalue weighted by Gasteiger charge is 2.30. The van der Waals surface area contributed by atoms with E-state index < -0.39 is 0 Å². The molecule has 0 radical (unpaired) electrons. The Bertz CT molecular complexity index is 406. The molecule has 1 aliphatic rings. The van der Waals surface area contributed by atoms with E-state index >= 15 is 0 Å². The summed E-state index contributed by atoms with van der Waals surface area (Å²) in [4.78, 5) is 11.4. The molecule has 0 spiro atoms. The monoisotopic (exact) mass is 264 g/mol. The molecule has 1 heterocycles. The second kappa shape index (κ2) is 6.70. The van der Waals surface area contributed by atoms with Crippen LogP contribution in [0.25, 0.3) is 0 Å². The van der Waals surface area contributed by atoms with Gasteiger partial charge in [0.25, 0.3) is 0 Å². The molecule has 0 aromatic carbocycles. The molecule has 0 saturated heterocycles. The third-order valence-corrected chi connectivity index (χ3v) is 3.12. The zero-order chi connectivity index (χ0) is 13.7. The number of nitrogens with zero attached hydrogens (tertiary/aromatic N) is 3. The fourth-order valence-corrected chi connectivity index (χ4v) is 2.03. The van der Waals surface area contributed by atoms with Gasteiger partial charge in [-0.3, -0.25) is 0 Å². The first-order valence-corrected chi connectivity index (χ1v) is 7.19. The van der Waals surface area contributed by atoms with Gasteiger partial charge in [0.2, 0.25) is 11.8 Å². The highest BCUT2D eigenvalue weighted by atomic mass is 16.5. The smallest absolute Gasteiger partial charge is 0.229 e. The van der Waals surface area contributed by atoms with Crippen LogP contribution < -0.4 is 15.4 Å². The van der Waals surface area contributed by atoms with E-state index in [0.29, 0.717) is 25.1 Å². The van der Waals surface area contributed by atoms with E-state index in [-0.39, 0.29) is 0 Å². The van der Waals surface area contributed by atoms with Crippen LogP contribution in [0.4, 0.5) is 5.95 Å². The van der Waals surface area contributed by atoms with Crippen molar-refractivity contribution >= 4 is 5.95 Å². The van der Waals surface area contributed by atoms with Crippen LogP contribution >= 0.6 is 0 Å². The SMILES string of the molecule is CCCOc1cc(C)nc(N(CCCN)C2CC2)n1. The standard InChI is InChI=1S/C14H24N4O/c1-3-9-19-13-10-11(2)16-14(17-13)18(8-4-7-15)12-5-6-12/h10,12H,3-9,15H2,1-2H3. The molecule has 1 aromatic rings. The van der Waals surface area contributed by atoms with Crippen molar-refractivity contribution in [2.24, 2.45) is 5.73 Å². The van der Waals surface area contributed by atoms with Gasteiger partial charge in [-0.05, 0) is 39.2 Å². The Labute approximate surface area is 115 Å². The lowest BCUT2D eigenvalue weighted by molar-refractivity contribution is 0.304.